The quantitative estimate of drug-likeness (QED) is 0.413. The molecule has 0 fully saturated rings. The summed E-state index contributed by atoms with van der Waals surface area (Å²) in [4.78, 5) is 25.2. The summed E-state index contributed by atoms with van der Waals surface area (Å²) in [5.41, 5.74) is 0.176. The number of para-hydroxylation sites is 2. The highest BCUT2D eigenvalue weighted by molar-refractivity contribution is 5.96. The monoisotopic (exact) mass is 368 g/mol. The fourth-order valence-corrected chi connectivity index (χ4v) is 2.67. The third-order valence-electron chi connectivity index (χ3n) is 3.98. The number of fused-ring (bicyclic) bond motifs is 2. The van der Waals surface area contributed by atoms with Gasteiger partial charge in [0, 0.05) is 17.5 Å². The Labute approximate surface area is 151 Å². The number of H-pyrrole nitrogens is 1. The van der Waals surface area contributed by atoms with Crippen LogP contribution >= 0.6 is 0 Å². The van der Waals surface area contributed by atoms with Gasteiger partial charge in [0.1, 0.15) is 6.61 Å². The molecule has 0 unspecified atom stereocenters. The van der Waals surface area contributed by atoms with Crippen molar-refractivity contribution in [2.45, 2.75) is 6.10 Å². The van der Waals surface area contributed by atoms with Crippen LogP contribution in [0.4, 0.5) is 11.4 Å². The number of nitrogens with zero attached hydrogens (tertiary/aromatic N) is 3. The molecule has 0 aliphatic carbocycles. The van der Waals surface area contributed by atoms with E-state index in [-0.39, 0.29) is 29.2 Å². The number of rotatable bonds is 3. The first-order chi connectivity index (χ1) is 13.0. The van der Waals surface area contributed by atoms with Gasteiger partial charge in [-0.15, -0.1) is 10.2 Å². The number of azo groups is 1. The number of hydrogen-bond donors (Lipinski definition) is 2. The first-order valence-electron chi connectivity index (χ1n) is 7.86. The van der Waals surface area contributed by atoms with Crippen molar-refractivity contribution >= 4 is 28.2 Å². The molecule has 1 atom stereocenters. The Kier molecular flexibility index (Phi) is 3.92. The standard InChI is InChI=1S/C17H12N4O6/c22-16(14-8-26-12-3-1-2-4-13(12)27-14)20-19-15-10-7-9(21(24)25)5-6-11(10)18-17(15)23/h1-7,14,18,23H,8H2/t14-/m0/s1. The van der Waals surface area contributed by atoms with E-state index in [1.54, 1.807) is 24.3 Å². The van der Waals surface area contributed by atoms with E-state index in [4.69, 9.17) is 9.47 Å². The van der Waals surface area contributed by atoms with Crippen LogP contribution in [-0.2, 0) is 4.79 Å². The number of carbonyl (C=O) groups excluding carboxylic acids is 1. The maximum atomic E-state index is 12.3. The molecule has 1 aliphatic heterocycles. The second kappa shape index (κ2) is 6.41. The highest BCUT2D eigenvalue weighted by atomic mass is 16.6. The number of aromatic hydroxyl groups is 1. The number of carbonyl (C=O) groups is 1. The van der Waals surface area contributed by atoms with E-state index in [1.165, 1.54) is 18.2 Å². The van der Waals surface area contributed by atoms with E-state index >= 15 is 0 Å². The molecule has 0 saturated heterocycles. The molecule has 3 aromatic rings. The molecule has 1 amide bonds. The molecule has 10 heteroatoms. The van der Waals surface area contributed by atoms with Gasteiger partial charge in [-0.25, -0.2) is 0 Å². The van der Waals surface area contributed by atoms with Crippen molar-refractivity contribution in [3.8, 4) is 17.4 Å². The van der Waals surface area contributed by atoms with Gasteiger partial charge in [0.05, 0.1) is 10.4 Å². The van der Waals surface area contributed by atoms with E-state index in [9.17, 15) is 20.0 Å². The van der Waals surface area contributed by atoms with Crippen LogP contribution in [0.2, 0.25) is 0 Å². The maximum Gasteiger partial charge on any atom is 0.308 e. The first kappa shape index (κ1) is 16.5. The van der Waals surface area contributed by atoms with Gasteiger partial charge in [0.15, 0.2) is 17.2 Å². The number of amides is 1. The molecule has 2 N–H and O–H groups in total. The zero-order valence-electron chi connectivity index (χ0n) is 13.7. The maximum absolute atomic E-state index is 12.3. The highest BCUT2D eigenvalue weighted by Crippen LogP contribution is 2.37. The second-order valence-electron chi connectivity index (χ2n) is 5.71. The number of hydrogen-bond acceptors (Lipinski definition) is 7. The Morgan fingerprint density at radius 2 is 2.04 bits per heavy atom. The lowest BCUT2D eigenvalue weighted by atomic mass is 10.2. The minimum absolute atomic E-state index is 0.0276. The van der Waals surface area contributed by atoms with Crippen LogP contribution in [0.15, 0.2) is 52.7 Å². The Bertz CT molecular complexity index is 1090. The molecular formula is C17H12N4O6. The van der Waals surface area contributed by atoms with Gasteiger partial charge in [0.2, 0.25) is 12.0 Å². The molecule has 1 aliphatic rings. The Morgan fingerprint density at radius 1 is 1.26 bits per heavy atom. The number of nitrogens with one attached hydrogen (secondary N) is 1. The number of ether oxygens (including phenoxy) is 2. The molecule has 0 bridgehead atoms. The number of aromatic nitrogens is 1. The lowest BCUT2D eigenvalue weighted by Crippen LogP contribution is -2.35. The van der Waals surface area contributed by atoms with E-state index in [0.717, 1.165) is 0 Å². The van der Waals surface area contributed by atoms with Crippen molar-refractivity contribution in [1.82, 2.24) is 4.98 Å². The molecule has 10 nitrogen and oxygen atoms in total. The van der Waals surface area contributed by atoms with Crippen molar-refractivity contribution in [2.24, 2.45) is 10.2 Å². The Hall–Kier alpha value is -3.95. The summed E-state index contributed by atoms with van der Waals surface area (Å²) in [6, 6.07) is 10.9. The largest absolute Gasteiger partial charge is 0.493 e. The number of nitro benzene ring substituents is 1. The van der Waals surface area contributed by atoms with Crippen LogP contribution in [0.1, 0.15) is 0 Å². The first-order valence-corrected chi connectivity index (χ1v) is 7.86. The van der Waals surface area contributed by atoms with Gasteiger partial charge in [-0.05, 0) is 18.2 Å². The molecule has 4 rings (SSSR count). The number of nitro groups is 1. The molecule has 136 valence electrons. The summed E-state index contributed by atoms with van der Waals surface area (Å²) in [7, 11) is 0. The van der Waals surface area contributed by atoms with Crippen molar-refractivity contribution in [3.05, 3.63) is 52.6 Å². The summed E-state index contributed by atoms with van der Waals surface area (Å²) in [5, 5.41) is 28.5. The third kappa shape index (κ3) is 3.03. The van der Waals surface area contributed by atoms with Gasteiger partial charge in [-0.2, -0.15) is 0 Å². The van der Waals surface area contributed by atoms with Crippen molar-refractivity contribution in [1.29, 1.82) is 0 Å². The molecule has 2 aromatic carbocycles. The molecule has 27 heavy (non-hydrogen) atoms. The fourth-order valence-electron chi connectivity index (χ4n) is 2.67. The van der Waals surface area contributed by atoms with E-state index in [1.807, 2.05) is 0 Å². The van der Waals surface area contributed by atoms with Gasteiger partial charge >= 0.3 is 5.91 Å². The number of non-ortho nitro benzene ring substituents is 1. The van der Waals surface area contributed by atoms with Crippen LogP contribution in [0.3, 0.4) is 0 Å². The topological polar surface area (TPSA) is 139 Å². The van der Waals surface area contributed by atoms with Gasteiger partial charge in [0.25, 0.3) is 5.69 Å². The predicted octanol–water partition coefficient (Wildman–Crippen LogP) is 3.23. The minimum atomic E-state index is -0.981. The van der Waals surface area contributed by atoms with Gasteiger partial charge in [-0.3, -0.25) is 14.9 Å². The highest BCUT2D eigenvalue weighted by Gasteiger charge is 2.27. The van der Waals surface area contributed by atoms with Gasteiger partial charge in [-0.1, -0.05) is 12.1 Å². The van der Waals surface area contributed by atoms with Crippen LogP contribution in [0.5, 0.6) is 17.4 Å². The summed E-state index contributed by atoms with van der Waals surface area (Å²) < 4.78 is 11.0. The van der Waals surface area contributed by atoms with E-state index < -0.39 is 16.9 Å². The summed E-state index contributed by atoms with van der Waals surface area (Å²) >= 11 is 0. The Balaban J connectivity index is 1.59. The fraction of sp³-hybridized carbons (Fsp3) is 0.118. The van der Waals surface area contributed by atoms with E-state index in [0.29, 0.717) is 17.0 Å². The molecule has 0 saturated carbocycles. The average molecular weight is 368 g/mol. The van der Waals surface area contributed by atoms with Gasteiger partial charge < -0.3 is 19.6 Å². The van der Waals surface area contributed by atoms with E-state index in [2.05, 4.69) is 15.2 Å². The number of aromatic amines is 1. The second-order valence-corrected chi connectivity index (χ2v) is 5.71. The zero-order chi connectivity index (χ0) is 19.0. The lowest BCUT2D eigenvalue weighted by Gasteiger charge is -2.23. The summed E-state index contributed by atoms with van der Waals surface area (Å²) in [5.74, 6) is -0.111. The third-order valence-corrected chi connectivity index (χ3v) is 3.98. The smallest absolute Gasteiger partial charge is 0.308 e. The molecular weight excluding hydrogens is 356 g/mol. The summed E-state index contributed by atoms with van der Waals surface area (Å²) in [6.07, 6.45) is -0.981. The number of benzene rings is 2. The Morgan fingerprint density at radius 3 is 2.81 bits per heavy atom. The van der Waals surface area contributed by atoms with Crippen LogP contribution in [0, 0.1) is 10.1 Å². The van der Waals surface area contributed by atoms with Crippen molar-refractivity contribution < 1.29 is 24.3 Å². The van der Waals surface area contributed by atoms with Crippen molar-refractivity contribution in [2.75, 3.05) is 6.61 Å². The zero-order valence-corrected chi connectivity index (χ0v) is 13.7. The average Bonchev–Trinajstić information content (AvgIpc) is 2.99. The SMILES string of the molecule is O=C(N=Nc1c(O)[nH]c2ccc([N+](=O)[O-])cc12)[C@@H]1COc2ccccc2O1. The van der Waals surface area contributed by atoms with Crippen LogP contribution in [-0.4, -0.2) is 33.6 Å². The van der Waals surface area contributed by atoms with Crippen LogP contribution < -0.4 is 9.47 Å². The lowest BCUT2D eigenvalue weighted by molar-refractivity contribution is -0.384. The normalized spacial score (nSPS) is 15.9. The summed E-state index contributed by atoms with van der Waals surface area (Å²) in [6.45, 7) is -0.0276. The molecule has 0 radical (unpaired) electrons. The van der Waals surface area contributed by atoms with Crippen molar-refractivity contribution in [3.63, 3.8) is 0 Å². The molecule has 0 spiro atoms. The van der Waals surface area contributed by atoms with Crippen LogP contribution in [0.25, 0.3) is 10.9 Å². The predicted molar refractivity (Wildman–Crippen MR) is 92.5 cm³/mol. The molecule has 1 aromatic heterocycles. The minimum Gasteiger partial charge on any atom is -0.493 e. The molecule has 2 heterocycles.